The van der Waals surface area contributed by atoms with Crippen LogP contribution in [0.15, 0.2) is 119 Å². The van der Waals surface area contributed by atoms with Gasteiger partial charge in [-0.3, -0.25) is 9.59 Å². The second kappa shape index (κ2) is 16.9. The van der Waals surface area contributed by atoms with E-state index in [1.807, 2.05) is 0 Å². The van der Waals surface area contributed by atoms with Crippen LogP contribution in [0.5, 0.6) is 11.5 Å². The van der Waals surface area contributed by atoms with Gasteiger partial charge >= 0.3 is 65.1 Å². The molecule has 6 aromatic carbocycles. The van der Waals surface area contributed by atoms with Crippen LogP contribution in [0.25, 0.3) is 21.5 Å². The Hall–Kier alpha value is -4.53. The number of nitrogens with one attached hydrogen (secondary N) is 4. The molecule has 0 aliphatic rings. The molecule has 6 N–H and O–H groups in total. The maximum absolute atomic E-state index is 13.0. The first-order valence-electron chi connectivity index (χ1n) is 14.9. The number of rotatable bonds is 8. The van der Waals surface area contributed by atoms with Crippen LogP contribution < -0.4 is 80.4 Å². The van der Waals surface area contributed by atoms with E-state index in [-0.39, 0.29) is 115 Å². The van der Waals surface area contributed by atoms with Gasteiger partial charge in [-0.2, -0.15) is 0 Å². The third-order valence-electron chi connectivity index (χ3n) is 7.67. The van der Waals surface area contributed by atoms with Crippen molar-refractivity contribution in [2.75, 3.05) is 21.3 Å². The summed E-state index contributed by atoms with van der Waals surface area (Å²) < 4.78 is 68.1. The number of benzene rings is 6. The van der Waals surface area contributed by atoms with Crippen molar-refractivity contribution in [1.29, 1.82) is 0 Å². The van der Waals surface area contributed by atoms with E-state index in [0.29, 0.717) is 0 Å². The molecule has 0 aliphatic carbocycles. The number of hydrogen-bond acceptors (Lipinski definition) is 11. The fourth-order valence-electron chi connectivity index (χ4n) is 5.24. The summed E-state index contributed by atoms with van der Waals surface area (Å²) in [5, 5.41) is 32.0. The molecule has 0 bridgehead atoms. The predicted molar refractivity (Wildman–Crippen MR) is 189 cm³/mol. The summed E-state index contributed by atoms with van der Waals surface area (Å²) >= 11 is 0. The molecule has 0 saturated carbocycles. The van der Waals surface area contributed by atoms with Gasteiger partial charge in [0.05, 0.1) is 9.79 Å². The monoisotopic (exact) mass is 786 g/mol. The van der Waals surface area contributed by atoms with E-state index in [1.54, 1.807) is 0 Å². The average molecular weight is 787 g/mol. The third kappa shape index (κ3) is 9.96. The van der Waals surface area contributed by atoms with Crippen LogP contribution in [0.1, 0.15) is 20.7 Å². The largest absolute Gasteiger partial charge is 1.00 e. The van der Waals surface area contributed by atoms with Crippen LogP contribution in [0.2, 0.25) is 0 Å². The Labute approximate surface area is 351 Å². The molecule has 0 aliphatic heterocycles. The SMILES string of the molecule is O=C(Nc1cccc(C(=O)Nc2ccc3cc(S(=O)(=O)[O-])cc(O)c3c2)c1)Nc1cccc(C(=O)Nc2ccc3cc(S(=O)(=O)[O-])cc(O)c3c2)c1.[Na+].[Na+]. The summed E-state index contributed by atoms with van der Waals surface area (Å²) in [5.41, 5.74) is 1.34. The third-order valence-corrected chi connectivity index (χ3v) is 9.30. The number of amides is 4. The number of phenols is 2. The van der Waals surface area contributed by atoms with Crippen LogP contribution in [0, 0.1) is 0 Å². The second-order valence-electron chi connectivity index (χ2n) is 11.3. The molecule has 15 nitrogen and oxygen atoms in total. The van der Waals surface area contributed by atoms with E-state index in [1.165, 1.54) is 84.9 Å². The number of fused-ring (bicyclic) bond motifs is 2. The standard InChI is InChI=1S/C35H26N4O11S2.2Na/c40-31-17-27(51(45,46)47)13-19-7-9-25(15-29(19)31)36-33(42)21-3-1-5-23(11-21)38-35(44)39-24-6-2-4-22(12-24)34(43)37-26-10-8-20-14-28(52(48,49)50)18-32(41)30(20)16-26;;/h1-18,40-41H,(H,36,42)(H,37,43)(H2,38,39,44)(H,45,46,47)(H,48,49,50);;/q;2*+1/p-2. The molecule has 264 valence electrons. The second-order valence-corrected chi connectivity index (χ2v) is 14.1. The van der Waals surface area contributed by atoms with Crippen molar-refractivity contribution < 1.29 is 110 Å². The van der Waals surface area contributed by atoms with Gasteiger partial charge in [0, 0.05) is 44.6 Å². The Balaban J connectivity index is 0.00000325. The van der Waals surface area contributed by atoms with Crippen molar-refractivity contribution in [3.8, 4) is 11.5 Å². The molecule has 0 atom stereocenters. The molecule has 0 fully saturated rings. The number of urea groups is 1. The number of phenolic OH excluding ortho intramolecular Hbond substituents is 2. The van der Waals surface area contributed by atoms with Crippen molar-refractivity contribution in [2.45, 2.75) is 9.79 Å². The fourth-order valence-corrected chi connectivity index (χ4v) is 6.30. The first kappa shape index (κ1) is 42.2. The average Bonchev–Trinajstić information content (AvgIpc) is 3.08. The smallest absolute Gasteiger partial charge is 0.744 e. The zero-order chi connectivity index (χ0) is 37.4. The molecule has 6 rings (SSSR count). The number of carbonyl (C=O) groups is 3. The minimum Gasteiger partial charge on any atom is -0.744 e. The molecule has 4 amide bonds. The minimum absolute atomic E-state index is 0. The van der Waals surface area contributed by atoms with Gasteiger partial charge in [-0.1, -0.05) is 24.3 Å². The van der Waals surface area contributed by atoms with E-state index in [2.05, 4.69) is 21.3 Å². The molecule has 0 saturated heterocycles. The summed E-state index contributed by atoms with van der Waals surface area (Å²) in [6.07, 6.45) is 0. The normalized spacial score (nSPS) is 11.1. The Kier molecular flexibility index (Phi) is 13.2. The van der Waals surface area contributed by atoms with Crippen molar-refractivity contribution in [2.24, 2.45) is 0 Å². The summed E-state index contributed by atoms with van der Waals surface area (Å²) in [6.45, 7) is 0. The van der Waals surface area contributed by atoms with E-state index >= 15 is 0 Å². The predicted octanol–water partition coefficient (Wildman–Crippen LogP) is -0.631. The van der Waals surface area contributed by atoms with Gasteiger partial charge in [0.1, 0.15) is 31.7 Å². The quantitative estimate of drug-likeness (QED) is 0.0837. The molecule has 0 heterocycles. The van der Waals surface area contributed by atoms with Gasteiger partial charge in [-0.15, -0.1) is 0 Å². The number of carbonyl (C=O) groups excluding carboxylic acids is 3. The number of hydrogen-bond donors (Lipinski definition) is 6. The molecule has 6 aromatic rings. The fraction of sp³-hybridized carbons (Fsp3) is 0. The topological polar surface area (TPSA) is 254 Å². The maximum atomic E-state index is 13.0. The van der Waals surface area contributed by atoms with Crippen molar-refractivity contribution in [3.05, 3.63) is 120 Å². The zero-order valence-corrected chi connectivity index (χ0v) is 33.9. The van der Waals surface area contributed by atoms with Gasteiger partial charge in [-0.25, -0.2) is 21.6 Å². The van der Waals surface area contributed by atoms with Crippen LogP contribution in [0.3, 0.4) is 0 Å². The summed E-state index contributed by atoms with van der Waals surface area (Å²) in [4.78, 5) is 37.7. The maximum Gasteiger partial charge on any atom is 1.00 e. The van der Waals surface area contributed by atoms with Gasteiger partial charge in [0.15, 0.2) is 0 Å². The first-order chi connectivity index (χ1) is 24.5. The zero-order valence-electron chi connectivity index (χ0n) is 28.3. The Bertz CT molecular complexity index is 2510. The Morgan fingerprint density at radius 2 is 0.852 bits per heavy atom. The molecule has 19 heteroatoms. The van der Waals surface area contributed by atoms with E-state index in [0.717, 1.165) is 24.3 Å². The molecule has 0 radical (unpaired) electrons. The Morgan fingerprint density at radius 3 is 1.22 bits per heavy atom. The molecule has 0 spiro atoms. The number of aromatic hydroxyl groups is 2. The van der Waals surface area contributed by atoms with Gasteiger partial charge in [-0.05, 0) is 95.7 Å². The van der Waals surface area contributed by atoms with E-state index < -0.39 is 59.4 Å². The van der Waals surface area contributed by atoms with E-state index in [4.69, 9.17) is 0 Å². The van der Waals surface area contributed by atoms with Crippen LogP contribution in [-0.2, 0) is 20.2 Å². The minimum atomic E-state index is -4.80. The van der Waals surface area contributed by atoms with Crippen molar-refractivity contribution in [1.82, 2.24) is 0 Å². The van der Waals surface area contributed by atoms with E-state index in [9.17, 15) is 50.5 Å². The molecule has 0 unspecified atom stereocenters. The van der Waals surface area contributed by atoms with Gasteiger partial charge in [0.25, 0.3) is 11.8 Å². The first-order valence-corrected chi connectivity index (χ1v) is 17.7. The van der Waals surface area contributed by atoms with Crippen LogP contribution in [-0.4, -0.2) is 54.0 Å². The number of anilines is 4. The van der Waals surface area contributed by atoms with Gasteiger partial charge < -0.3 is 40.6 Å². The van der Waals surface area contributed by atoms with Gasteiger partial charge in [0.2, 0.25) is 0 Å². The molecule has 54 heavy (non-hydrogen) atoms. The summed E-state index contributed by atoms with van der Waals surface area (Å²) in [7, 11) is -9.59. The van der Waals surface area contributed by atoms with Crippen LogP contribution in [0.4, 0.5) is 27.5 Å². The summed E-state index contributed by atoms with van der Waals surface area (Å²) in [5.74, 6) is -2.06. The molecule has 0 aromatic heterocycles. The summed E-state index contributed by atoms with van der Waals surface area (Å²) in [6, 6.07) is 23.7. The van der Waals surface area contributed by atoms with Crippen molar-refractivity contribution in [3.63, 3.8) is 0 Å². The Morgan fingerprint density at radius 1 is 0.481 bits per heavy atom. The van der Waals surface area contributed by atoms with Crippen molar-refractivity contribution >= 4 is 82.4 Å². The molecular weight excluding hydrogens is 763 g/mol. The van der Waals surface area contributed by atoms with Crippen LogP contribution >= 0.6 is 0 Å². The molecular formula is C35H24N4Na2O11S2.